The lowest BCUT2D eigenvalue weighted by Crippen LogP contribution is -2.08. The van der Waals surface area contributed by atoms with Gasteiger partial charge in [0.2, 0.25) is 0 Å². The number of hydrogen-bond donors (Lipinski definition) is 0. The fourth-order valence-electron chi connectivity index (χ4n) is 9.79. The van der Waals surface area contributed by atoms with Gasteiger partial charge in [-0.2, -0.15) is 0 Å². The molecule has 0 aliphatic carbocycles. The Morgan fingerprint density at radius 1 is 0.390 bits per heavy atom. The molecule has 0 N–H and O–H groups in total. The number of nitrogens with zero attached hydrogens (tertiary/aromatic N) is 5. The number of benzene rings is 2. The van der Waals surface area contributed by atoms with Gasteiger partial charge >= 0.3 is 29.8 Å². The van der Waals surface area contributed by atoms with E-state index >= 15 is 0 Å². The van der Waals surface area contributed by atoms with Crippen LogP contribution in [0.25, 0.3) is 22.5 Å². The lowest BCUT2D eigenvalue weighted by atomic mass is 10.1. The van der Waals surface area contributed by atoms with E-state index in [9.17, 15) is 24.0 Å². The number of carbonyl (C=O) groups is 5. The molecule has 0 bridgehead atoms. The van der Waals surface area contributed by atoms with E-state index < -0.39 is 0 Å². The van der Waals surface area contributed by atoms with E-state index in [0.717, 1.165) is 100 Å². The van der Waals surface area contributed by atoms with Crippen LogP contribution in [0.5, 0.6) is 0 Å². The fourth-order valence-corrected chi connectivity index (χ4v) is 9.79. The minimum atomic E-state index is -0.253. The molecule has 5 aromatic heterocycles. The third-order valence-corrected chi connectivity index (χ3v) is 14.2. The summed E-state index contributed by atoms with van der Waals surface area (Å²) < 4.78 is 35.6. The lowest BCUT2D eigenvalue weighted by Gasteiger charge is -2.09. The van der Waals surface area contributed by atoms with Crippen molar-refractivity contribution in [3.05, 3.63) is 164 Å². The van der Waals surface area contributed by atoms with Gasteiger partial charge in [-0.1, -0.05) is 109 Å². The van der Waals surface area contributed by atoms with Crippen molar-refractivity contribution in [2.75, 3.05) is 33.0 Å². The second kappa shape index (κ2) is 33.8. The molecule has 7 aromatic rings. The van der Waals surface area contributed by atoms with Crippen LogP contribution in [0.2, 0.25) is 0 Å². The summed E-state index contributed by atoms with van der Waals surface area (Å²) in [5.41, 5.74) is 16.2. The summed E-state index contributed by atoms with van der Waals surface area (Å²) in [6.45, 7) is 29.7. The fraction of sp³-hybridized carbons (Fsp3) is 0.448. The predicted octanol–water partition coefficient (Wildman–Crippen LogP) is 13.9. The molecule has 0 unspecified atom stereocenters. The summed E-state index contributed by atoms with van der Waals surface area (Å²) in [7, 11) is 9.93. The Balaban J connectivity index is 0.000000271. The van der Waals surface area contributed by atoms with Gasteiger partial charge in [-0.25, -0.2) is 24.0 Å². The highest BCUT2D eigenvalue weighted by Crippen LogP contribution is 2.29. The van der Waals surface area contributed by atoms with Gasteiger partial charge in [0.1, 0.15) is 0 Å². The Bertz CT molecular complexity index is 3160. The summed E-state index contributed by atoms with van der Waals surface area (Å²) in [6, 6.07) is 29.6. The van der Waals surface area contributed by atoms with Gasteiger partial charge in [0.05, 0.1) is 66.5 Å². The molecule has 0 aliphatic rings. The normalized spacial score (nSPS) is 10.5. The zero-order chi connectivity index (χ0) is 61.4. The standard InChI is InChI=1S/2C16H19NO2.C13H21NO2.2C11H17NO2/c1-4-14-13(16(18)19-5-2)11-15(17(14)3)12-9-7-6-8-10-12;1-4-13-11-14(16(18)19-5-2)15(17(13)3)12-9-7-6-8-10-12;1-6-11-10(13(15)16-7-2)8-12(9(3)4)14(11)5;1-5-9-7-10(8(3)12(9)4)11(13)14-6-2;1-5-10-9(11(13)14-6-2)7-8(3)12(10)4/h2*6-11H,4-5H2,1-3H3;8-9H,6-7H2,1-5H3;2*7H,5-6H2,1-4H3. The zero-order valence-electron chi connectivity index (χ0n) is 52.6. The van der Waals surface area contributed by atoms with Gasteiger partial charge in [-0.3, -0.25) is 0 Å². The molecule has 15 nitrogen and oxygen atoms in total. The third kappa shape index (κ3) is 17.4. The molecule has 0 spiro atoms. The predicted molar refractivity (Wildman–Crippen MR) is 328 cm³/mol. The number of hydrogen-bond acceptors (Lipinski definition) is 10. The Morgan fingerprint density at radius 2 is 0.756 bits per heavy atom. The first-order chi connectivity index (χ1) is 39.1. The molecule has 82 heavy (non-hydrogen) atoms. The molecule has 0 amide bonds. The summed E-state index contributed by atoms with van der Waals surface area (Å²) in [5, 5.41) is 0. The number of carbonyl (C=O) groups excluding carboxylic acids is 5. The van der Waals surface area contributed by atoms with Crippen molar-refractivity contribution in [1.82, 2.24) is 22.8 Å². The number of ether oxygens (including phenoxy) is 5. The summed E-state index contributed by atoms with van der Waals surface area (Å²) >= 11 is 0. The molecule has 7 rings (SSSR count). The van der Waals surface area contributed by atoms with Crippen LogP contribution in [0.15, 0.2) is 91.0 Å². The van der Waals surface area contributed by atoms with Crippen LogP contribution in [0.3, 0.4) is 0 Å². The van der Waals surface area contributed by atoms with Gasteiger partial charge in [-0.05, 0) is 128 Å². The monoisotopic (exact) mass is 1130 g/mol. The second-order valence-electron chi connectivity index (χ2n) is 19.6. The number of esters is 5. The summed E-state index contributed by atoms with van der Waals surface area (Å²) in [4.78, 5) is 58.9. The molecule has 0 fully saturated rings. The second-order valence-corrected chi connectivity index (χ2v) is 19.6. The highest BCUT2D eigenvalue weighted by molar-refractivity contribution is 5.97. The topological polar surface area (TPSA) is 156 Å². The van der Waals surface area contributed by atoms with Crippen LogP contribution in [0, 0.1) is 13.8 Å². The van der Waals surface area contributed by atoms with Crippen LogP contribution < -0.4 is 0 Å². The van der Waals surface area contributed by atoms with Gasteiger partial charge in [0.25, 0.3) is 0 Å². The van der Waals surface area contributed by atoms with Gasteiger partial charge in [0, 0.05) is 86.5 Å². The molecule has 0 saturated heterocycles. The van der Waals surface area contributed by atoms with Crippen molar-refractivity contribution in [1.29, 1.82) is 0 Å². The van der Waals surface area contributed by atoms with Gasteiger partial charge in [0.15, 0.2) is 0 Å². The highest BCUT2D eigenvalue weighted by Gasteiger charge is 2.23. The maximum absolute atomic E-state index is 12.1. The maximum Gasteiger partial charge on any atom is 0.340 e. The van der Waals surface area contributed by atoms with Crippen molar-refractivity contribution in [2.45, 2.75) is 135 Å². The Kier molecular flexibility index (Phi) is 28.2. The summed E-state index contributed by atoms with van der Waals surface area (Å²) in [5.74, 6) is -0.720. The van der Waals surface area contributed by atoms with E-state index in [2.05, 4.69) is 48.3 Å². The van der Waals surface area contributed by atoms with E-state index in [1.807, 2.05) is 198 Å². The zero-order valence-corrected chi connectivity index (χ0v) is 52.6. The minimum absolute atomic E-state index is 0.207. The van der Waals surface area contributed by atoms with Crippen molar-refractivity contribution >= 4 is 29.8 Å². The number of aromatic nitrogens is 5. The molecule has 0 aliphatic heterocycles. The van der Waals surface area contributed by atoms with Gasteiger partial charge in [-0.15, -0.1) is 0 Å². The van der Waals surface area contributed by atoms with E-state index in [1.165, 1.54) is 5.69 Å². The lowest BCUT2D eigenvalue weighted by molar-refractivity contribution is 0.0515. The minimum Gasteiger partial charge on any atom is -0.462 e. The highest BCUT2D eigenvalue weighted by atomic mass is 16.5. The average Bonchev–Trinajstić information content (AvgIpc) is 4.36. The first kappa shape index (κ1) is 68.5. The van der Waals surface area contributed by atoms with Crippen LogP contribution in [0.1, 0.15) is 186 Å². The largest absolute Gasteiger partial charge is 0.462 e. The van der Waals surface area contributed by atoms with Crippen LogP contribution in [-0.2, 0) is 91.0 Å². The Hall–Kier alpha value is -7.81. The molecule has 0 radical (unpaired) electrons. The van der Waals surface area contributed by atoms with Crippen LogP contribution >= 0.6 is 0 Å². The van der Waals surface area contributed by atoms with Gasteiger partial charge < -0.3 is 46.5 Å². The quantitative estimate of drug-likeness (QED) is 0.0598. The van der Waals surface area contributed by atoms with Crippen LogP contribution in [0.4, 0.5) is 0 Å². The first-order valence-corrected chi connectivity index (χ1v) is 28.9. The number of aryl methyl sites for hydroxylation is 3. The van der Waals surface area contributed by atoms with Crippen molar-refractivity contribution in [2.24, 2.45) is 35.2 Å². The van der Waals surface area contributed by atoms with E-state index in [0.29, 0.717) is 61.2 Å². The van der Waals surface area contributed by atoms with E-state index in [1.54, 1.807) is 0 Å². The molecule has 5 heterocycles. The molecule has 2 aromatic carbocycles. The third-order valence-electron chi connectivity index (χ3n) is 14.2. The Morgan fingerprint density at radius 3 is 1.17 bits per heavy atom. The SMILES string of the molecule is CCOC(=O)c1cc(-c2ccccc2)n(C)c1CC.CCOC(=O)c1cc(C(C)C)n(C)c1CC.CCOC(=O)c1cc(C)n(C)c1CC.CCOC(=O)c1cc(CC)n(C)c1-c1ccccc1.CCOC(=O)c1cc(CC)n(C)c1C. The maximum atomic E-state index is 12.1. The molecule has 15 heteroatoms. The Labute approximate surface area is 488 Å². The molecular formula is C67H93N5O10. The smallest absolute Gasteiger partial charge is 0.340 e. The first-order valence-electron chi connectivity index (χ1n) is 28.9. The van der Waals surface area contributed by atoms with E-state index in [4.69, 9.17) is 23.7 Å². The molecular weight excluding hydrogens is 1030 g/mol. The number of rotatable bonds is 18. The van der Waals surface area contributed by atoms with Crippen molar-refractivity contribution < 1.29 is 47.7 Å². The van der Waals surface area contributed by atoms with Crippen molar-refractivity contribution in [3.63, 3.8) is 0 Å². The summed E-state index contributed by atoms with van der Waals surface area (Å²) in [6.07, 6.45) is 4.31. The molecule has 0 atom stereocenters. The van der Waals surface area contributed by atoms with E-state index in [-0.39, 0.29) is 29.8 Å². The molecule has 0 saturated carbocycles. The average molecular weight is 1130 g/mol. The molecule has 446 valence electrons. The van der Waals surface area contributed by atoms with Crippen LogP contribution in [-0.4, -0.2) is 85.7 Å². The van der Waals surface area contributed by atoms with Crippen molar-refractivity contribution in [3.8, 4) is 22.5 Å².